The molecule has 0 fully saturated rings. The van der Waals surface area contributed by atoms with Crippen LogP contribution in [0.25, 0.3) is 0 Å². The molecule has 0 saturated heterocycles. The topological polar surface area (TPSA) is 50.4 Å². The van der Waals surface area contributed by atoms with Gasteiger partial charge in [0.15, 0.2) is 5.11 Å². The Morgan fingerprint density at radius 2 is 1.81 bits per heavy atom. The van der Waals surface area contributed by atoms with Crippen molar-refractivity contribution in [3.8, 4) is 5.75 Å². The molecule has 0 unspecified atom stereocenters. The number of carbonyl (C=O) groups excluding carboxylic acids is 1. The van der Waals surface area contributed by atoms with Crippen LogP contribution in [0.1, 0.15) is 54.1 Å². The number of aryl methyl sites for hydroxylation is 1. The molecule has 0 radical (unpaired) electrons. The average Bonchev–Trinajstić information content (AvgIpc) is 2.65. The zero-order valence-corrected chi connectivity index (χ0v) is 17.1. The molecule has 2 N–H and O–H groups in total. The molecule has 4 nitrogen and oxygen atoms in total. The van der Waals surface area contributed by atoms with Crippen LogP contribution in [0, 0.1) is 13.8 Å². The molecule has 0 aliphatic heterocycles. The van der Waals surface area contributed by atoms with Crippen molar-refractivity contribution in [3.63, 3.8) is 0 Å². The maximum Gasteiger partial charge on any atom is 0.261 e. The number of para-hydroxylation sites is 1. The quantitative estimate of drug-likeness (QED) is 0.473. The number of carbonyl (C=O) groups is 1. The van der Waals surface area contributed by atoms with Crippen molar-refractivity contribution >= 4 is 28.9 Å². The normalized spacial score (nSPS) is 10.3. The standard InChI is InChI=1S/C22H28N2O2S/c1-4-5-6-9-15-26-20-14-8-7-12-18(20)21(25)24-22(27)23-19-13-10-11-16(2)17(19)3/h7-8,10-14H,4-6,9,15H2,1-3H3,(H2,23,24,25,27). The maximum absolute atomic E-state index is 12.6. The molecule has 0 saturated carbocycles. The summed E-state index contributed by atoms with van der Waals surface area (Å²) in [6, 6.07) is 13.2. The minimum absolute atomic E-state index is 0.270. The van der Waals surface area contributed by atoms with Gasteiger partial charge in [0, 0.05) is 5.69 Å². The lowest BCUT2D eigenvalue weighted by Gasteiger charge is -2.14. The van der Waals surface area contributed by atoms with Gasteiger partial charge in [0.2, 0.25) is 0 Å². The summed E-state index contributed by atoms with van der Waals surface area (Å²) in [7, 11) is 0. The van der Waals surface area contributed by atoms with E-state index >= 15 is 0 Å². The largest absolute Gasteiger partial charge is 0.493 e. The summed E-state index contributed by atoms with van der Waals surface area (Å²) in [5.74, 6) is 0.308. The van der Waals surface area contributed by atoms with E-state index in [1.54, 1.807) is 6.07 Å². The Labute approximate surface area is 167 Å². The molecule has 0 spiro atoms. The molecule has 1 amide bonds. The fraction of sp³-hybridized carbons (Fsp3) is 0.364. The number of benzene rings is 2. The highest BCUT2D eigenvalue weighted by Gasteiger charge is 2.14. The van der Waals surface area contributed by atoms with Gasteiger partial charge < -0.3 is 10.1 Å². The van der Waals surface area contributed by atoms with Gasteiger partial charge >= 0.3 is 0 Å². The van der Waals surface area contributed by atoms with E-state index in [4.69, 9.17) is 17.0 Å². The number of thiocarbonyl (C=S) groups is 1. The van der Waals surface area contributed by atoms with Crippen molar-refractivity contribution in [3.05, 3.63) is 59.2 Å². The van der Waals surface area contributed by atoms with Crippen molar-refractivity contribution < 1.29 is 9.53 Å². The molecule has 0 aliphatic carbocycles. The summed E-state index contributed by atoms with van der Waals surface area (Å²) in [5, 5.41) is 6.11. The number of amides is 1. The number of ether oxygens (including phenoxy) is 1. The summed E-state index contributed by atoms with van der Waals surface area (Å²) in [6.07, 6.45) is 4.50. The van der Waals surface area contributed by atoms with E-state index in [-0.39, 0.29) is 11.0 Å². The SMILES string of the molecule is CCCCCCOc1ccccc1C(=O)NC(=S)Nc1cccc(C)c1C. The molecular weight excluding hydrogens is 356 g/mol. The Morgan fingerprint density at radius 3 is 2.59 bits per heavy atom. The first-order valence-corrected chi connectivity index (χ1v) is 9.84. The van der Waals surface area contributed by atoms with Crippen LogP contribution in [0.15, 0.2) is 42.5 Å². The molecule has 2 aromatic rings. The molecule has 144 valence electrons. The zero-order valence-electron chi connectivity index (χ0n) is 16.3. The number of hydrogen-bond acceptors (Lipinski definition) is 3. The van der Waals surface area contributed by atoms with E-state index in [2.05, 4.69) is 17.6 Å². The third kappa shape index (κ3) is 6.36. The number of rotatable bonds is 8. The maximum atomic E-state index is 12.6. The second-order valence-electron chi connectivity index (χ2n) is 6.56. The van der Waals surface area contributed by atoms with E-state index < -0.39 is 0 Å². The highest BCUT2D eigenvalue weighted by Crippen LogP contribution is 2.20. The second kappa shape index (κ2) is 10.7. The first-order valence-electron chi connectivity index (χ1n) is 9.43. The third-order valence-electron chi connectivity index (χ3n) is 4.47. The predicted molar refractivity (Wildman–Crippen MR) is 116 cm³/mol. The fourth-order valence-electron chi connectivity index (χ4n) is 2.70. The van der Waals surface area contributed by atoms with Gasteiger partial charge in [0.05, 0.1) is 12.2 Å². The monoisotopic (exact) mass is 384 g/mol. The Hall–Kier alpha value is -2.40. The molecule has 0 heterocycles. The fourth-order valence-corrected chi connectivity index (χ4v) is 2.90. The average molecular weight is 385 g/mol. The second-order valence-corrected chi connectivity index (χ2v) is 6.97. The van der Waals surface area contributed by atoms with Crippen molar-refractivity contribution in [1.82, 2.24) is 5.32 Å². The molecule has 0 bridgehead atoms. The van der Waals surface area contributed by atoms with E-state index in [9.17, 15) is 4.79 Å². The zero-order chi connectivity index (χ0) is 19.6. The van der Waals surface area contributed by atoms with E-state index in [1.165, 1.54) is 12.8 Å². The summed E-state index contributed by atoms with van der Waals surface area (Å²) in [4.78, 5) is 12.6. The molecule has 0 aliphatic rings. The van der Waals surface area contributed by atoms with Gasteiger partial charge in [0.25, 0.3) is 5.91 Å². The summed E-state index contributed by atoms with van der Waals surface area (Å²) >= 11 is 5.31. The van der Waals surface area contributed by atoms with Crippen molar-refractivity contribution in [2.75, 3.05) is 11.9 Å². The molecule has 0 atom stereocenters. The van der Waals surface area contributed by atoms with Gasteiger partial charge in [-0.25, -0.2) is 0 Å². The van der Waals surface area contributed by atoms with Gasteiger partial charge in [-0.15, -0.1) is 0 Å². The van der Waals surface area contributed by atoms with E-state index in [0.29, 0.717) is 17.9 Å². The smallest absolute Gasteiger partial charge is 0.261 e. The van der Waals surface area contributed by atoms with Gasteiger partial charge in [-0.2, -0.15) is 0 Å². The Balaban J connectivity index is 1.96. The minimum atomic E-state index is -0.276. The summed E-state index contributed by atoms with van der Waals surface area (Å²) < 4.78 is 5.82. The highest BCUT2D eigenvalue weighted by molar-refractivity contribution is 7.80. The number of hydrogen-bond donors (Lipinski definition) is 2. The minimum Gasteiger partial charge on any atom is -0.493 e. The van der Waals surface area contributed by atoms with Crippen LogP contribution in [-0.4, -0.2) is 17.6 Å². The predicted octanol–water partition coefficient (Wildman–Crippen LogP) is 5.39. The van der Waals surface area contributed by atoms with Gasteiger partial charge in [-0.05, 0) is 61.8 Å². The Bertz CT molecular complexity index is 790. The van der Waals surface area contributed by atoms with Crippen LogP contribution >= 0.6 is 12.2 Å². The lowest BCUT2D eigenvalue weighted by atomic mass is 10.1. The van der Waals surface area contributed by atoms with Crippen LogP contribution in [-0.2, 0) is 0 Å². The number of unbranched alkanes of at least 4 members (excludes halogenated alkanes) is 3. The first-order chi connectivity index (χ1) is 13.0. The number of anilines is 1. The van der Waals surface area contributed by atoms with Crippen LogP contribution in [0.3, 0.4) is 0 Å². The lowest BCUT2D eigenvalue weighted by Crippen LogP contribution is -2.34. The van der Waals surface area contributed by atoms with Gasteiger partial charge in [-0.3, -0.25) is 10.1 Å². The van der Waals surface area contributed by atoms with Crippen LogP contribution in [0.5, 0.6) is 5.75 Å². The summed E-state index contributed by atoms with van der Waals surface area (Å²) in [6.45, 7) is 6.84. The van der Waals surface area contributed by atoms with Crippen LogP contribution < -0.4 is 15.4 Å². The lowest BCUT2D eigenvalue weighted by molar-refractivity contribution is 0.0973. The third-order valence-corrected chi connectivity index (χ3v) is 4.67. The van der Waals surface area contributed by atoms with E-state index in [0.717, 1.165) is 29.7 Å². The van der Waals surface area contributed by atoms with Crippen molar-refractivity contribution in [2.24, 2.45) is 0 Å². The molecule has 0 aromatic heterocycles. The Morgan fingerprint density at radius 1 is 1.04 bits per heavy atom. The number of nitrogens with one attached hydrogen (secondary N) is 2. The van der Waals surface area contributed by atoms with Gasteiger partial charge in [-0.1, -0.05) is 50.5 Å². The molecular formula is C22H28N2O2S. The molecule has 2 aromatic carbocycles. The van der Waals surface area contributed by atoms with Crippen LogP contribution in [0.2, 0.25) is 0 Å². The molecule has 27 heavy (non-hydrogen) atoms. The molecule has 5 heteroatoms. The first kappa shape index (κ1) is 20.9. The highest BCUT2D eigenvalue weighted by atomic mass is 32.1. The Kier molecular flexibility index (Phi) is 8.27. The van der Waals surface area contributed by atoms with Crippen LogP contribution in [0.4, 0.5) is 5.69 Å². The van der Waals surface area contributed by atoms with Gasteiger partial charge in [0.1, 0.15) is 5.75 Å². The van der Waals surface area contributed by atoms with Crippen molar-refractivity contribution in [1.29, 1.82) is 0 Å². The summed E-state index contributed by atoms with van der Waals surface area (Å²) in [5.41, 5.74) is 3.64. The van der Waals surface area contributed by atoms with E-state index in [1.807, 2.05) is 50.2 Å². The van der Waals surface area contributed by atoms with Crippen molar-refractivity contribution in [2.45, 2.75) is 46.5 Å². The molecule has 2 rings (SSSR count).